The maximum Gasteiger partial charge on any atom is -0.000835 e. The molecule has 1 aromatic rings. The minimum atomic E-state index is 1.09. The summed E-state index contributed by atoms with van der Waals surface area (Å²) < 4.78 is 0. The van der Waals surface area contributed by atoms with E-state index >= 15 is 0 Å². The van der Waals surface area contributed by atoms with Crippen molar-refractivity contribution in [1.29, 1.82) is 0 Å². The minimum Gasteiger partial charge on any atom is -0.320 e. The van der Waals surface area contributed by atoms with Crippen LogP contribution in [0.5, 0.6) is 0 Å². The molecular weight excluding hydrogens is 208 g/mol. The molecule has 0 saturated carbocycles. The quantitative estimate of drug-likeness (QED) is 0.675. The van der Waals surface area contributed by atoms with E-state index in [2.05, 4.69) is 42.7 Å². The summed E-state index contributed by atoms with van der Waals surface area (Å²) in [5.41, 5.74) is 4.22. The van der Waals surface area contributed by atoms with Crippen molar-refractivity contribution in [3.05, 3.63) is 34.9 Å². The van der Waals surface area contributed by atoms with Gasteiger partial charge in [0.1, 0.15) is 0 Å². The number of hydrogen-bond donors (Lipinski definition) is 2. The molecule has 0 bridgehead atoms. The molecule has 17 heavy (non-hydrogen) atoms. The van der Waals surface area contributed by atoms with Crippen LogP contribution < -0.4 is 10.6 Å². The Balaban J connectivity index is 2.11. The molecule has 0 aromatic heterocycles. The van der Waals surface area contributed by atoms with E-state index in [-0.39, 0.29) is 0 Å². The molecule has 0 saturated heterocycles. The minimum absolute atomic E-state index is 1.09. The van der Waals surface area contributed by atoms with Gasteiger partial charge in [0.05, 0.1) is 0 Å². The first-order valence-corrected chi connectivity index (χ1v) is 6.65. The van der Waals surface area contributed by atoms with Gasteiger partial charge in [-0.15, -0.1) is 0 Å². The maximum absolute atomic E-state index is 3.50. The van der Waals surface area contributed by atoms with Gasteiger partial charge in [-0.05, 0) is 76.5 Å². The van der Waals surface area contributed by atoms with Crippen molar-refractivity contribution in [1.82, 2.24) is 10.6 Å². The van der Waals surface area contributed by atoms with E-state index in [1.54, 1.807) is 0 Å². The van der Waals surface area contributed by atoms with Crippen molar-refractivity contribution < 1.29 is 0 Å². The number of hydrogen-bond acceptors (Lipinski definition) is 2. The van der Waals surface area contributed by atoms with Gasteiger partial charge in [0, 0.05) is 0 Å². The van der Waals surface area contributed by atoms with Crippen molar-refractivity contribution in [2.45, 2.75) is 33.1 Å². The van der Waals surface area contributed by atoms with Crippen LogP contribution in [0.4, 0.5) is 0 Å². The van der Waals surface area contributed by atoms with Crippen molar-refractivity contribution in [2.24, 2.45) is 0 Å². The van der Waals surface area contributed by atoms with Gasteiger partial charge in [-0.3, -0.25) is 0 Å². The van der Waals surface area contributed by atoms with Crippen LogP contribution >= 0.6 is 0 Å². The highest BCUT2D eigenvalue weighted by atomic mass is 14.8. The molecule has 2 heteroatoms. The van der Waals surface area contributed by atoms with E-state index in [1.807, 2.05) is 7.05 Å². The van der Waals surface area contributed by atoms with Crippen LogP contribution in [0.25, 0.3) is 0 Å². The Morgan fingerprint density at radius 1 is 0.941 bits per heavy atom. The predicted octanol–water partition coefficient (Wildman–Crippen LogP) is 2.44. The molecule has 0 spiro atoms. The smallest absolute Gasteiger partial charge is 0.000835 e. The third-order valence-corrected chi connectivity index (χ3v) is 3.19. The summed E-state index contributed by atoms with van der Waals surface area (Å²) in [4.78, 5) is 0. The molecule has 0 amide bonds. The third kappa shape index (κ3) is 5.85. The third-order valence-electron chi connectivity index (χ3n) is 3.19. The molecular formula is C15H26N2. The zero-order valence-corrected chi connectivity index (χ0v) is 11.5. The van der Waals surface area contributed by atoms with Gasteiger partial charge in [-0.2, -0.15) is 0 Å². The second-order valence-electron chi connectivity index (χ2n) is 4.73. The zero-order chi connectivity index (χ0) is 12.5. The van der Waals surface area contributed by atoms with Gasteiger partial charge in [-0.1, -0.05) is 18.2 Å². The van der Waals surface area contributed by atoms with Crippen molar-refractivity contribution in [3.63, 3.8) is 0 Å². The average molecular weight is 234 g/mol. The van der Waals surface area contributed by atoms with E-state index in [1.165, 1.54) is 29.5 Å². The summed E-state index contributed by atoms with van der Waals surface area (Å²) >= 11 is 0. The summed E-state index contributed by atoms with van der Waals surface area (Å²) in [6.07, 6.45) is 3.65. The lowest BCUT2D eigenvalue weighted by Crippen LogP contribution is -2.19. The Kier molecular flexibility index (Phi) is 6.90. The van der Waals surface area contributed by atoms with Crippen LogP contribution in [-0.2, 0) is 6.42 Å². The lowest BCUT2D eigenvalue weighted by Gasteiger charge is -2.07. The Morgan fingerprint density at radius 3 is 2.41 bits per heavy atom. The lowest BCUT2D eigenvalue weighted by atomic mass is 10.0. The van der Waals surface area contributed by atoms with Crippen molar-refractivity contribution in [2.75, 3.05) is 26.7 Å². The van der Waals surface area contributed by atoms with Crippen molar-refractivity contribution >= 4 is 0 Å². The largest absolute Gasteiger partial charge is 0.320 e. The Labute approximate surface area is 106 Å². The number of unbranched alkanes of at least 4 members (excludes halogenated alkanes) is 1. The van der Waals surface area contributed by atoms with Gasteiger partial charge < -0.3 is 10.6 Å². The maximum atomic E-state index is 3.50. The molecule has 0 fully saturated rings. The summed E-state index contributed by atoms with van der Waals surface area (Å²) in [5.74, 6) is 0. The molecule has 96 valence electrons. The monoisotopic (exact) mass is 234 g/mol. The summed E-state index contributed by atoms with van der Waals surface area (Å²) in [5, 5.41) is 6.67. The first-order valence-electron chi connectivity index (χ1n) is 6.65. The number of nitrogens with one attached hydrogen (secondary N) is 2. The second-order valence-corrected chi connectivity index (χ2v) is 4.73. The molecule has 0 aliphatic carbocycles. The Bertz CT molecular complexity index is 321. The normalized spacial score (nSPS) is 10.8. The molecule has 2 nitrogen and oxygen atoms in total. The van der Waals surface area contributed by atoms with E-state index in [0.29, 0.717) is 0 Å². The fourth-order valence-corrected chi connectivity index (χ4v) is 1.87. The first kappa shape index (κ1) is 14.2. The van der Waals surface area contributed by atoms with Crippen LogP contribution in [0.1, 0.15) is 29.5 Å². The van der Waals surface area contributed by atoms with E-state index in [4.69, 9.17) is 0 Å². The fourth-order valence-electron chi connectivity index (χ4n) is 1.87. The topological polar surface area (TPSA) is 24.1 Å². The predicted molar refractivity (Wildman–Crippen MR) is 75.7 cm³/mol. The zero-order valence-electron chi connectivity index (χ0n) is 11.5. The number of benzene rings is 1. The molecule has 1 aromatic carbocycles. The highest BCUT2D eigenvalue weighted by Crippen LogP contribution is 2.09. The van der Waals surface area contributed by atoms with Gasteiger partial charge in [-0.25, -0.2) is 0 Å². The number of rotatable bonds is 8. The Morgan fingerprint density at radius 2 is 1.71 bits per heavy atom. The lowest BCUT2D eigenvalue weighted by molar-refractivity contribution is 0.606. The molecule has 0 atom stereocenters. The van der Waals surface area contributed by atoms with Gasteiger partial charge in [0.15, 0.2) is 0 Å². The van der Waals surface area contributed by atoms with Crippen LogP contribution in [0.2, 0.25) is 0 Å². The van der Waals surface area contributed by atoms with E-state index < -0.39 is 0 Å². The average Bonchev–Trinajstić information content (AvgIpc) is 2.32. The first-order chi connectivity index (χ1) is 8.24. The van der Waals surface area contributed by atoms with Crippen LogP contribution in [0.15, 0.2) is 18.2 Å². The van der Waals surface area contributed by atoms with E-state index in [9.17, 15) is 0 Å². The summed E-state index contributed by atoms with van der Waals surface area (Å²) in [6.45, 7) is 7.69. The molecule has 2 N–H and O–H groups in total. The van der Waals surface area contributed by atoms with Crippen LogP contribution in [0.3, 0.4) is 0 Å². The SMILES string of the molecule is CNCCCCNCCc1ccc(C)c(C)c1. The van der Waals surface area contributed by atoms with Gasteiger partial charge in [0.2, 0.25) is 0 Å². The molecule has 0 heterocycles. The standard InChI is InChI=1S/C15H26N2/c1-13-6-7-15(12-14(13)2)8-11-17-10-5-4-9-16-3/h6-7,12,16-17H,4-5,8-11H2,1-3H3. The molecule has 1 rings (SSSR count). The van der Waals surface area contributed by atoms with Gasteiger partial charge in [0.25, 0.3) is 0 Å². The Hall–Kier alpha value is -0.860. The highest BCUT2D eigenvalue weighted by Gasteiger charge is 1.96. The molecule has 0 aliphatic heterocycles. The fraction of sp³-hybridized carbons (Fsp3) is 0.600. The van der Waals surface area contributed by atoms with Crippen LogP contribution in [0, 0.1) is 13.8 Å². The van der Waals surface area contributed by atoms with Crippen LogP contribution in [-0.4, -0.2) is 26.7 Å². The molecule has 0 aliphatic rings. The second kappa shape index (κ2) is 8.26. The molecule has 0 radical (unpaired) electrons. The highest BCUT2D eigenvalue weighted by molar-refractivity contribution is 5.29. The summed E-state index contributed by atoms with van der Waals surface area (Å²) in [6, 6.07) is 6.76. The molecule has 0 unspecified atom stereocenters. The van der Waals surface area contributed by atoms with Gasteiger partial charge >= 0.3 is 0 Å². The van der Waals surface area contributed by atoms with Crippen molar-refractivity contribution in [3.8, 4) is 0 Å². The number of aryl methyl sites for hydroxylation is 2. The van der Waals surface area contributed by atoms with E-state index in [0.717, 1.165) is 26.1 Å². The summed E-state index contributed by atoms with van der Waals surface area (Å²) in [7, 11) is 2.01.